The van der Waals surface area contributed by atoms with E-state index < -0.39 is 5.97 Å². The smallest absolute Gasteiger partial charge is 0.341 e. The van der Waals surface area contributed by atoms with E-state index in [0.717, 1.165) is 5.56 Å². The standard InChI is InChI=1S/C12H12O4/c1-14-9-6-8-4-3-5-16-11(8)10(7-9)12(13)15-2/h3-4,6-7H,5H2,1-2H3. The second-order valence-electron chi connectivity index (χ2n) is 3.30. The Morgan fingerprint density at radius 2 is 2.19 bits per heavy atom. The van der Waals surface area contributed by atoms with Gasteiger partial charge in [0.15, 0.2) is 0 Å². The van der Waals surface area contributed by atoms with Crippen LogP contribution in [0.25, 0.3) is 6.08 Å². The van der Waals surface area contributed by atoms with E-state index >= 15 is 0 Å². The van der Waals surface area contributed by atoms with Crippen molar-refractivity contribution in [1.29, 1.82) is 0 Å². The molecule has 0 atom stereocenters. The number of carbonyl (C=O) groups is 1. The normalized spacial score (nSPS) is 12.6. The molecule has 4 heteroatoms. The third kappa shape index (κ3) is 1.74. The maximum absolute atomic E-state index is 11.6. The molecule has 0 saturated carbocycles. The molecule has 1 heterocycles. The minimum atomic E-state index is -0.426. The summed E-state index contributed by atoms with van der Waals surface area (Å²) in [6.07, 6.45) is 3.77. The van der Waals surface area contributed by atoms with E-state index in [1.54, 1.807) is 13.2 Å². The Morgan fingerprint density at radius 3 is 2.88 bits per heavy atom. The SMILES string of the molecule is COC(=O)c1cc(OC)cc2c1OCC=C2. The molecule has 0 spiro atoms. The van der Waals surface area contributed by atoms with Crippen LogP contribution in [0.2, 0.25) is 0 Å². The first-order valence-corrected chi connectivity index (χ1v) is 4.86. The molecule has 1 aliphatic heterocycles. The molecule has 1 aromatic carbocycles. The molecule has 0 aromatic heterocycles. The molecule has 0 saturated heterocycles. The zero-order valence-corrected chi connectivity index (χ0v) is 9.15. The van der Waals surface area contributed by atoms with Crippen molar-refractivity contribution < 1.29 is 19.0 Å². The van der Waals surface area contributed by atoms with Crippen molar-refractivity contribution in [2.75, 3.05) is 20.8 Å². The van der Waals surface area contributed by atoms with Crippen LogP contribution < -0.4 is 9.47 Å². The van der Waals surface area contributed by atoms with Crippen molar-refractivity contribution in [1.82, 2.24) is 0 Å². The highest BCUT2D eigenvalue weighted by molar-refractivity contribution is 5.94. The molecular formula is C12H12O4. The van der Waals surface area contributed by atoms with Gasteiger partial charge >= 0.3 is 5.97 Å². The number of esters is 1. The van der Waals surface area contributed by atoms with Crippen molar-refractivity contribution in [3.63, 3.8) is 0 Å². The molecule has 0 bridgehead atoms. The summed E-state index contributed by atoms with van der Waals surface area (Å²) < 4.78 is 15.3. The van der Waals surface area contributed by atoms with Gasteiger partial charge in [-0.3, -0.25) is 0 Å². The van der Waals surface area contributed by atoms with Crippen molar-refractivity contribution in [2.45, 2.75) is 0 Å². The number of rotatable bonds is 2. The lowest BCUT2D eigenvalue weighted by Gasteiger charge is -2.16. The average molecular weight is 220 g/mol. The van der Waals surface area contributed by atoms with E-state index in [4.69, 9.17) is 14.2 Å². The van der Waals surface area contributed by atoms with Crippen molar-refractivity contribution in [2.24, 2.45) is 0 Å². The molecule has 0 amide bonds. The second-order valence-corrected chi connectivity index (χ2v) is 3.30. The minimum Gasteiger partial charge on any atom is -0.497 e. The summed E-state index contributed by atoms with van der Waals surface area (Å²) in [5, 5.41) is 0. The Labute approximate surface area is 93.4 Å². The molecule has 0 radical (unpaired) electrons. The summed E-state index contributed by atoms with van der Waals surface area (Å²) >= 11 is 0. The molecule has 84 valence electrons. The van der Waals surface area contributed by atoms with Crippen molar-refractivity contribution in [3.8, 4) is 11.5 Å². The Bertz CT molecular complexity index is 449. The lowest BCUT2D eigenvalue weighted by Crippen LogP contribution is -2.09. The lowest BCUT2D eigenvalue weighted by atomic mass is 10.1. The Balaban J connectivity index is 2.57. The number of ether oxygens (including phenoxy) is 3. The maximum atomic E-state index is 11.6. The van der Waals surface area contributed by atoms with E-state index in [1.165, 1.54) is 7.11 Å². The van der Waals surface area contributed by atoms with Crippen LogP contribution in [0.5, 0.6) is 11.5 Å². The van der Waals surface area contributed by atoms with E-state index in [1.807, 2.05) is 18.2 Å². The van der Waals surface area contributed by atoms with E-state index in [2.05, 4.69) is 0 Å². The predicted octanol–water partition coefficient (Wildman–Crippen LogP) is 1.89. The van der Waals surface area contributed by atoms with Gasteiger partial charge < -0.3 is 14.2 Å². The molecule has 2 rings (SSSR count). The van der Waals surface area contributed by atoms with Gasteiger partial charge in [-0.05, 0) is 18.2 Å². The molecule has 4 nitrogen and oxygen atoms in total. The Kier molecular flexibility index (Phi) is 2.81. The van der Waals surface area contributed by atoms with Crippen molar-refractivity contribution >= 4 is 12.0 Å². The van der Waals surface area contributed by atoms with Gasteiger partial charge in [0.25, 0.3) is 0 Å². The summed E-state index contributed by atoms with van der Waals surface area (Å²) in [5.41, 5.74) is 1.22. The highest BCUT2D eigenvalue weighted by Crippen LogP contribution is 2.33. The minimum absolute atomic E-state index is 0.390. The number of hydrogen-bond donors (Lipinski definition) is 0. The number of carbonyl (C=O) groups excluding carboxylic acids is 1. The van der Waals surface area contributed by atoms with Gasteiger partial charge in [-0.15, -0.1) is 0 Å². The molecular weight excluding hydrogens is 208 g/mol. The molecule has 0 unspecified atom stereocenters. The summed E-state index contributed by atoms with van der Waals surface area (Å²) in [6, 6.07) is 3.43. The summed E-state index contributed by atoms with van der Waals surface area (Å²) in [4.78, 5) is 11.6. The molecule has 16 heavy (non-hydrogen) atoms. The highest BCUT2D eigenvalue weighted by Gasteiger charge is 2.19. The summed E-state index contributed by atoms with van der Waals surface area (Å²) in [7, 11) is 2.89. The predicted molar refractivity (Wildman–Crippen MR) is 58.9 cm³/mol. The quantitative estimate of drug-likeness (QED) is 0.714. The number of hydrogen-bond acceptors (Lipinski definition) is 4. The number of benzene rings is 1. The van der Waals surface area contributed by atoms with Crippen LogP contribution >= 0.6 is 0 Å². The Morgan fingerprint density at radius 1 is 1.38 bits per heavy atom. The van der Waals surface area contributed by atoms with Gasteiger partial charge in [0.05, 0.1) is 14.2 Å². The van der Waals surface area contributed by atoms with Crippen LogP contribution in [0.3, 0.4) is 0 Å². The van der Waals surface area contributed by atoms with Gasteiger partial charge in [0, 0.05) is 5.56 Å². The first kappa shape index (κ1) is 10.5. The fourth-order valence-corrected chi connectivity index (χ4v) is 1.59. The van der Waals surface area contributed by atoms with Crippen LogP contribution in [0.4, 0.5) is 0 Å². The number of fused-ring (bicyclic) bond motifs is 1. The second kappa shape index (κ2) is 4.26. The van der Waals surface area contributed by atoms with E-state index in [9.17, 15) is 4.79 Å². The van der Waals surface area contributed by atoms with Crippen LogP contribution in [-0.4, -0.2) is 26.8 Å². The zero-order valence-electron chi connectivity index (χ0n) is 9.15. The third-order valence-corrected chi connectivity index (χ3v) is 2.35. The largest absolute Gasteiger partial charge is 0.497 e. The zero-order chi connectivity index (χ0) is 11.5. The molecule has 0 aliphatic carbocycles. The van der Waals surface area contributed by atoms with Crippen LogP contribution in [0, 0.1) is 0 Å². The molecule has 1 aliphatic rings. The Hall–Kier alpha value is -1.97. The van der Waals surface area contributed by atoms with E-state index in [-0.39, 0.29) is 0 Å². The maximum Gasteiger partial charge on any atom is 0.341 e. The lowest BCUT2D eigenvalue weighted by molar-refractivity contribution is 0.0596. The fraction of sp³-hybridized carbons (Fsp3) is 0.250. The van der Waals surface area contributed by atoms with Gasteiger partial charge in [0.2, 0.25) is 0 Å². The average Bonchev–Trinajstić information content (AvgIpc) is 2.36. The van der Waals surface area contributed by atoms with Gasteiger partial charge in [-0.25, -0.2) is 4.79 Å². The number of methoxy groups -OCH3 is 2. The van der Waals surface area contributed by atoms with Crippen LogP contribution in [0.15, 0.2) is 18.2 Å². The first-order valence-electron chi connectivity index (χ1n) is 4.86. The van der Waals surface area contributed by atoms with Crippen LogP contribution in [0.1, 0.15) is 15.9 Å². The molecule has 0 fully saturated rings. The van der Waals surface area contributed by atoms with Gasteiger partial charge in [-0.2, -0.15) is 0 Å². The monoisotopic (exact) mass is 220 g/mol. The summed E-state index contributed by atoms with van der Waals surface area (Å²) in [5.74, 6) is 0.731. The first-order chi connectivity index (χ1) is 7.76. The van der Waals surface area contributed by atoms with Crippen LogP contribution in [-0.2, 0) is 4.74 Å². The fourth-order valence-electron chi connectivity index (χ4n) is 1.59. The van der Waals surface area contributed by atoms with Gasteiger partial charge in [0.1, 0.15) is 23.7 Å². The third-order valence-electron chi connectivity index (χ3n) is 2.35. The van der Waals surface area contributed by atoms with Gasteiger partial charge in [-0.1, -0.05) is 6.08 Å². The highest BCUT2D eigenvalue weighted by atomic mass is 16.5. The molecule has 1 aromatic rings. The topological polar surface area (TPSA) is 44.8 Å². The van der Waals surface area contributed by atoms with E-state index in [0.29, 0.717) is 23.7 Å². The molecule has 0 N–H and O–H groups in total. The summed E-state index contributed by atoms with van der Waals surface area (Å²) in [6.45, 7) is 0.462. The van der Waals surface area contributed by atoms with Crippen molar-refractivity contribution in [3.05, 3.63) is 29.3 Å².